The highest BCUT2D eigenvalue weighted by Gasteiger charge is 2.44. The van der Waals surface area contributed by atoms with Crippen molar-refractivity contribution in [1.82, 2.24) is 0 Å². The lowest BCUT2D eigenvalue weighted by Crippen LogP contribution is -2.40. The molecule has 12 nitrogen and oxygen atoms in total. The van der Waals surface area contributed by atoms with Crippen LogP contribution in [0.3, 0.4) is 0 Å². The van der Waals surface area contributed by atoms with Crippen molar-refractivity contribution in [1.29, 1.82) is 0 Å². The second-order valence-electron chi connectivity index (χ2n) is 7.76. The fourth-order valence-electron chi connectivity index (χ4n) is 2.39. The number of alkyl halides is 4. The first-order valence-corrected chi connectivity index (χ1v) is 11.8. The fraction of sp³-hybridized carbons (Fsp3) is 0.909. The highest BCUT2D eigenvalue weighted by Crippen LogP contribution is 2.27. The van der Waals surface area contributed by atoms with Crippen LogP contribution in [-0.4, -0.2) is 150 Å². The average molecular weight is 573 g/mol. The van der Waals surface area contributed by atoms with Gasteiger partial charge in [0.25, 0.3) is 0 Å². The van der Waals surface area contributed by atoms with Crippen molar-refractivity contribution in [3.63, 3.8) is 0 Å². The number of halogens is 4. The normalized spacial score (nSPS) is 14.9. The van der Waals surface area contributed by atoms with E-state index in [4.69, 9.17) is 28.8 Å². The predicted octanol–water partition coefficient (Wildman–Crippen LogP) is -0.434. The molecule has 0 amide bonds. The van der Waals surface area contributed by atoms with E-state index in [0.29, 0.717) is 13.2 Å². The highest BCUT2D eigenvalue weighted by atomic mass is 19.3. The van der Waals surface area contributed by atoms with E-state index in [0.717, 1.165) is 0 Å². The summed E-state index contributed by atoms with van der Waals surface area (Å²) in [5.41, 5.74) is 0. The van der Waals surface area contributed by atoms with Crippen molar-refractivity contribution in [3.05, 3.63) is 12.7 Å². The topological polar surface area (TPSA) is 155 Å². The van der Waals surface area contributed by atoms with Crippen LogP contribution in [0.15, 0.2) is 12.7 Å². The van der Waals surface area contributed by atoms with Gasteiger partial charge in [-0.1, -0.05) is 6.08 Å². The third-order valence-electron chi connectivity index (χ3n) is 3.92. The molecule has 0 aromatic heterocycles. The molecule has 0 radical (unpaired) electrons. The second kappa shape index (κ2) is 22.8. The Morgan fingerprint density at radius 3 is 1.47 bits per heavy atom. The number of aliphatic hydroxyl groups is 4. The summed E-state index contributed by atoms with van der Waals surface area (Å²) in [5.74, 6) is 0. The molecule has 0 aliphatic carbocycles. The van der Waals surface area contributed by atoms with E-state index >= 15 is 0 Å². The minimum Gasteiger partial charge on any atom is -0.394 e. The van der Waals surface area contributed by atoms with Crippen molar-refractivity contribution in [2.45, 2.75) is 30.5 Å². The molecule has 4 N–H and O–H groups in total. The summed E-state index contributed by atoms with van der Waals surface area (Å²) in [6.07, 6.45) is -10.4. The van der Waals surface area contributed by atoms with Crippen molar-refractivity contribution in [2.75, 3.05) is 99.1 Å². The molecule has 0 rings (SSSR count). The second-order valence-corrected chi connectivity index (χ2v) is 7.76. The van der Waals surface area contributed by atoms with Crippen LogP contribution in [0, 0.1) is 0 Å². The Morgan fingerprint density at radius 1 is 0.579 bits per heavy atom. The first kappa shape index (κ1) is 37.0. The summed E-state index contributed by atoms with van der Waals surface area (Å²) in [7, 11) is 0. The monoisotopic (exact) mass is 572 g/mol. The van der Waals surface area contributed by atoms with E-state index in [1.54, 1.807) is 6.08 Å². The zero-order valence-corrected chi connectivity index (χ0v) is 21.2. The van der Waals surface area contributed by atoms with Gasteiger partial charge in [0.15, 0.2) is 0 Å². The van der Waals surface area contributed by atoms with Gasteiger partial charge in [-0.2, -0.15) is 17.6 Å². The van der Waals surface area contributed by atoms with Gasteiger partial charge in [0.05, 0.1) is 85.9 Å². The van der Waals surface area contributed by atoms with E-state index in [9.17, 15) is 32.9 Å². The van der Waals surface area contributed by atoms with Gasteiger partial charge in [-0.05, 0) is 0 Å². The Balaban J connectivity index is 3.82. The molecule has 0 aliphatic rings. The minimum absolute atomic E-state index is 0.0133. The van der Waals surface area contributed by atoms with Crippen molar-refractivity contribution in [3.8, 4) is 0 Å². The van der Waals surface area contributed by atoms with Gasteiger partial charge in [0.2, 0.25) is 0 Å². The van der Waals surface area contributed by atoms with Crippen LogP contribution >= 0.6 is 0 Å². The molecule has 0 saturated heterocycles. The lowest BCUT2D eigenvalue weighted by atomic mass is 10.4. The molecule has 0 aliphatic heterocycles. The number of hydrogen-bond acceptors (Lipinski definition) is 12. The standard InChI is InChI=1S/C22H40F4O12/c1-2-4-31-6-7-33-11-18(28)13-36-14-19(29)12-34-8-9-35-16-21(23,24)38-22(25,26)17-37-15-20(30)10-32-5-3-27/h2,18-20,27-30H,1,3-17H2. The lowest BCUT2D eigenvalue weighted by Gasteiger charge is -2.24. The molecule has 0 heterocycles. The van der Waals surface area contributed by atoms with E-state index in [-0.39, 0.29) is 59.5 Å². The van der Waals surface area contributed by atoms with Crippen molar-refractivity contribution < 1.29 is 75.9 Å². The van der Waals surface area contributed by atoms with Crippen LogP contribution < -0.4 is 0 Å². The summed E-state index contributed by atoms with van der Waals surface area (Å²) in [4.78, 5) is 0. The molecule has 3 atom stereocenters. The summed E-state index contributed by atoms with van der Waals surface area (Å²) in [5, 5.41) is 37.3. The molecule has 228 valence electrons. The first-order chi connectivity index (χ1) is 18.0. The summed E-state index contributed by atoms with van der Waals surface area (Å²) < 4.78 is 91.9. The highest BCUT2D eigenvalue weighted by molar-refractivity contribution is 4.63. The van der Waals surface area contributed by atoms with E-state index in [1.807, 2.05) is 0 Å². The van der Waals surface area contributed by atoms with Gasteiger partial charge in [-0.15, -0.1) is 6.58 Å². The van der Waals surface area contributed by atoms with Crippen LogP contribution in [0.5, 0.6) is 0 Å². The Labute approximate surface area is 218 Å². The average Bonchev–Trinajstić information content (AvgIpc) is 2.82. The van der Waals surface area contributed by atoms with Gasteiger partial charge in [-0.3, -0.25) is 4.74 Å². The maximum Gasteiger partial charge on any atom is 0.383 e. The smallest absolute Gasteiger partial charge is 0.383 e. The molecular formula is C22H40F4O12. The van der Waals surface area contributed by atoms with E-state index < -0.39 is 57.0 Å². The molecule has 0 fully saturated rings. The molecule has 0 bridgehead atoms. The first-order valence-electron chi connectivity index (χ1n) is 11.8. The number of rotatable bonds is 28. The van der Waals surface area contributed by atoms with Gasteiger partial charge in [0, 0.05) is 0 Å². The van der Waals surface area contributed by atoms with Gasteiger partial charge in [0.1, 0.15) is 31.5 Å². The van der Waals surface area contributed by atoms with E-state index in [2.05, 4.69) is 20.8 Å². The number of hydrogen-bond donors (Lipinski definition) is 4. The molecule has 38 heavy (non-hydrogen) atoms. The largest absolute Gasteiger partial charge is 0.394 e. The Hall–Kier alpha value is -1.02. The van der Waals surface area contributed by atoms with Crippen LogP contribution in [0.1, 0.15) is 0 Å². The third kappa shape index (κ3) is 24.1. The zero-order chi connectivity index (χ0) is 28.7. The fourth-order valence-corrected chi connectivity index (χ4v) is 2.39. The van der Waals surface area contributed by atoms with Gasteiger partial charge >= 0.3 is 12.2 Å². The molecule has 0 aromatic rings. The van der Waals surface area contributed by atoms with Crippen LogP contribution in [-0.2, 0) is 37.9 Å². The molecule has 0 aromatic carbocycles. The maximum absolute atomic E-state index is 13.6. The maximum atomic E-state index is 13.6. The quantitative estimate of drug-likeness (QED) is 0.0546. The molecule has 16 heteroatoms. The Kier molecular flexibility index (Phi) is 22.1. The minimum atomic E-state index is -4.36. The zero-order valence-electron chi connectivity index (χ0n) is 21.2. The SMILES string of the molecule is C=CCOCCOCC(O)COCC(O)COCCOCC(F)(F)OC(F)(F)COCC(O)COCCO. The van der Waals surface area contributed by atoms with Crippen LogP contribution in [0.25, 0.3) is 0 Å². The van der Waals surface area contributed by atoms with Crippen molar-refractivity contribution >= 4 is 0 Å². The van der Waals surface area contributed by atoms with Gasteiger partial charge in [-0.25, -0.2) is 0 Å². The predicted molar refractivity (Wildman–Crippen MR) is 122 cm³/mol. The molecular weight excluding hydrogens is 532 g/mol. The summed E-state index contributed by atoms with van der Waals surface area (Å²) in [6.45, 7) is -0.905. The summed E-state index contributed by atoms with van der Waals surface area (Å²) >= 11 is 0. The molecule has 0 saturated carbocycles. The third-order valence-corrected chi connectivity index (χ3v) is 3.92. The Bertz CT molecular complexity index is 562. The molecule has 0 spiro atoms. The van der Waals surface area contributed by atoms with Crippen molar-refractivity contribution in [2.24, 2.45) is 0 Å². The Morgan fingerprint density at radius 2 is 0.974 bits per heavy atom. The van der Waals surface area contributed by atoms with E-state index in [1.165, 1.54) is 0 Å². The lowest BCUT2D eigenvalue weighted by molar-refractivity contribution is -0.394. The van der Waals surface area contributed by atoms with Crippen LogP contribution in [0.4, 0.5) is 17.6 Å². The number of ether oxygens (including phenoxy) is 8. The van der Waals surface area contributed by atoms with Gasteiger partial charge < -0.3 is 53.6 Å². The van der Waals surface area contributed by atoms with Crippen LogP contribution in [0.2, 0.25) is 0 Å². The summed E-state index contributed by atoms with van der Waals surface area (Å²) in [6, 6.07) is 0. The molecule has 3 unspecified atom stereocenters. The number of aliphatic hydroxyl groups excluding tert-OH is 4.